The van der Waals surface area contributed by atoms with Crippen LogP contribution in [0.5, 0.6) is 11.5 Å². The predicted octanol–water partition coefficient (Wildman–Crippen LogP) is 1.65. The molecule has 7 heteroatoms. The normalized spacial score (nSPS) is 13.8. The molecule has 1 aliphatic rings. The van der Waals surface area contributed by atoms with Crippen LogP contribution >= 0.6 is 0 Å². The van der Waals surface area contributed by atoms with Gasteiger partial charge in [-0.2, -0.15) is 0 Å². The molecule has 0 aliphatic carbocycles. The maximum Gasteiger partial charge on any atom is 0.262 e. The van der Waals surface area contributed by atoms with Gasteiger partial charge in [-0.25, -0.2) is 8.42 Å². The van der Waals surface area contributed by atoms with Crippen LogP contribution in [0.2, 0.25) is 0 Å². The number of anilines is 1. The second-order valence-corrected chi connectivity index (χ2v) is 5.83. The van der Waals surface area contributed by atoms with Crippen LogP contribution in [-0.4, -0.2) is 26.6 Å². The molecule has 1 aromatic carbocycles. The summed E-state index contributed by atoms with van der Waals surface area (Å²) in [7, 11) is -3.66. The highest BCUT2D eigenvalue weighted by molar-refractivity contribution is 7.92. The Morgan fingerprint density at radius 3 is 2.45 bits per heavy atom. The lowest BCUT2D eigenvalue weighted by molar-refractivity contribution is 0.171. The molecule has 0 amide bonds. The molecule has 2 heterocycles. The van der Waals surface area contributed by atoms with Gasteiger partial charge in [0.25, 0.3) is 10.0 Å². The highest BCUT2D eigenvalue weighted by atomic mass is 32.2. The Labute approximate surface area is 116 Å². The minimum absolute atomic E-state index is 0.124. The first kappa shape index (κ1) is 12.7. The highest BCUT2D eigenvalue weighted by Crippen LogP contribution is 2.32. The standard InChI is InChI=1S/C13H12N2O4S/c16-20(17,15-10-3-5-14-6-4-10)11-1-2-12-13(9-11)19-8-7-18-12/h1-6,9H,7-8H2,(H,14,15). The van der Waals surface area contributed by atoms with E-state index >= 15 is 0 Å². The van der Waals surface area contributed by atoms with E-state index < -0.39 is 10.0 Å². The minimum Gasteiger partial charge on any atom is -0.486 e. The van der Waals surface area contributed by atoms with Crippen molar-refractivity contribution in [1.82, 2.24) is 4.98 Å². The Morgan fingerprint density at radius 2 is 1.70 bits per heavy atom. The van der Waals surface area contributed by atoms with E-state index in [0.29, 0.717) is 30.4 Å². The molecule has 0 radical (unpaired) electrons. The second kappa shape index (κ2) is 5.01. The number of rotatable bonds is 3. The van der Waals surface area contributed by atoms with Crippen molar-refractivity contribution >= 4 is 15.7 Å². The van der Waals surface area contributed by atoms with Crippen molar-refractivity contribution in [2.45, 2.75) is 4.90 Å². The Morgan fingerprint density at radius 1 is 1.00 bits per heavy atom. The molecule has 0 saturated heterocycles. The lowest BCUT2D eigenvalue weighted by Crippen LogP contribution is -2.17. The summed E-state index contributed by atoms with van der Waals surface area (Å²) in [5.41, 5.74) is 0.454. The number of benzene rings is 1. The molecule has 3 rings (SSSR count). The fourth-order valence-electron chi connectivity index (χ4n) is 1.82. The number of sulfonamides is 1. The first-order valence-electron chi connectivity index (χ1n) is 5.98. The van der Waals surface area contributed by atoms with Crippen molar-refractivity contribution in [3.63, 3.8) is 0 Å². The third-order valence-corrected chi connectivity index (χ3v) is 4.14. The molecule has 0 atom stereocenters. The number of hydrogen-bond donors (Lipinski definition) is 1. The molecule has 104 valence electrons. The molecule has 1 N–H and O–H groups in total. The molecule has 0 bridgehead atoms. The average Bonchev–Trinajstić information content (AvgIpc) is 2.47. The van der Waals surface area contributed by atoms with Gasteiger partial charge in [-0.1, -0.05) is 0 Å². The smallest absolute Gasteiger partial charge is 0.262 e. The van der Waals surface area contributed by atoms with Gasteiger partial charge in [0.2, 0.25) is 0 Å². The van der Waals surface area contributed by atoms with Gasteiger partial charge in [0.1, 0.15) is 13.2 Å². The lowest BCUT2D eigenvalue weighted by atomic mass is 10.3. The van der Waals surface area contributed by atoms with Crippen molar-refractivity contribution in [2.75, 3.05) is 17.9 Å². The van der Waals surface area contributed by atoms with Crippen LogP contribution in [0.3, 0.4) is 0 Å². The van der Waals surface area contributed by atoms with Gasteiger partial charge in [-0.15, -0.1) is 0 Å². The topological polar surface area (TPSA) is 77.5 Å². The summed E-state index contributed by atoms with van der Waals surface area (Å²) in [6.07, 6.45) is 3.03. The van der Waals surface area contributed by atoms with Crippen LogP contribution in [0.1, 0.15) is 0 Å². The SMILES string of the molecule is O=S(=O)(Nc1ccncc1)c1ccc2c(c1)OCCO2. The lowest BCUT2D eigenvalue weighted by Gasteiger charge is -2.19. The molecule has 2 aromatic rings. The molecule has 1 aliphatic heterocycles. The summed E-state index contributed by atoms with van der Waals surface area (Å²) in [6.45, 7) is 0.878. The van der Waals surface area contributed by atoms with Gasteiger partial charge >= 0.3 is 0 Å². The fraction of sp³-hybridized carbons (Fsp3) is 0.154. The van der Waals surface area contributed by atoms with E-state index in [4.69, 9.17) is 9.47 Å². The summed E-state index contributed by atoms with van der Waals surface area (Å²) in [4.78, 5) is 3.96. The number of nitrogens with zero attached hydrogens (tertiary/aromatic N) is 1. The number of nitrogens with one attached hydrogen (secondary N) is 1. The van der Waals surface area contributed by atoms with Crippen molar-refractivity contribution in [1.29, 1.82) is 0 Å². The Hall–Kier alpha value is -2.28. The number of ether oxygens (including phenoxy) is 2. The molecular formula is C13H12N2O4S. The minimum atomic E-state index is -3.66. The van der Waals surface area contributed by atoms with E-state index in [-0.39, 0.29) is 4.90 Å². The van der Waals surface area contributed by atoms with Gasteiger partial charge in [0.15, 0.2) is 11.5 Å². The van der Waals surface area contributed by atoms with Gasteiger partial charge in [0.05, 0.1) is 10.6 Å². The van der Waals surface area contributed by atoms with Crippen molar-refractivity contribution < 1.29 is 17.9 Å². The molecule has 1 aromatic heterocycles. The summed E-state index contributed by atoms with van der Waals surface area (Å²) < 4.78 is 37.7. The fourth-order valence-corrected chi connectivity index (χ4v) is 2.90. The van der Waals surface area contributed by atoms with E-state index in [0.717, 1.165) is 0 Å². The Kier molecular flexibility index (Phi) is 3.19. The van der Waals surface area contributed by atoms with Crippen molar-refractivity contribution in [3.05, 3.63) is 42.7 Å². The Balaban J connectivity index is 1.91. The van der Waals surface area contributed by atoms with Crippen molar-refractivity contribution in [3.8, 4) is 11.5 Å². The molecule has 0 fully saturated rings. The van der Waals surface area contributed by atoms with Crippen LogP contribution in [0.15, 0.2) is 47.6 Å². The number of aromatic nitrogens is 1. The van der Waals surface area contributed by atoms with Gasteiger partial charge in [-0.3, -0.25) is 9.71 Å². The van der Waals surface area contributed by atoms with E-state index in [2.05, 4.69) is 9.71 Å². The zero-order valence-electron chi connectivity index (χ0n) is 10.4. The third kappa shape index (κ3) is 2.53. The van der Waals surface area contributed by atoms with Crippen LogP contribution in [0.4, 0.5) is 5.69 Å². The Bertz CT molecular complexity index is 716. The first-order valence-corrected chi connectivity index (χ1v) is 7.46. The van der Waals surface area contributed by atoms with Gasteiger partial charge < -0.3 is 9.47 Å². The zero-order chi connectivity index (χ0) is 14.0. The van der Waals surface area contributed by atoms with Gasteiger partial charge in [-0.05, 0) is 24.3 Å². The van der Waals surface area contributed by atoms with Crippen molar-refractivity contribution in [2.24, 2.45) is 0 Å². The van der Waals surface area contributed by atoms with Crippen LogP contribution in [0.25, 0.3) is 0 Å². The molecule has 0 unspecified atom stereocenters. The quantitative estimate of drug-likeness (QED) is 0.930. The largest absolute Gasteiger partial charge is 0.486 e. The maximum atomic E-state index is 12.3. The molecule has 0 spiro atoms. The first-order chi connectivity index (χ1) is 9.65. The summed E-state index contributed by atoms with van der Waals surface area (Å²) in [6, 6.07) is 7.69. The van der Waals surface area contributed by atoms with Crippen LogP contribution in [0, 0.1) is 0 Å². The monoisotopic (exact) mass is 292 g/mol. The summed E-state index contributed by atoms with van der Waals surface area (Å²) in [5.74, 6) is 0.993. The molecule has 20 heavy (non-hydrogen) atoms. The van der Waals surface area contributed by atoms with E-state index in [1.54, 1.807) is 18.2 Å². The number of pyridine rings is 1. The van der Waals surface area contributed by atoms with Crippen LogP contribution in [-0.2, 0) is 10.0 Å². The average molecular weight is 292 g/mol. The molecular weight excluding hydrogens is 280 g/mol. The molecule has 6 nitrogen and oxygen atoms in total. The summed E-state index contributed by atoms with van der Waals surface area (Å²) >= 11 is 0. The van der Waals surface area contributed by atoms with E-state index in [1.807, 2.05) is 0 Å². The van der Waals surface area contributed by atoms with E-state index in [9.17, 15) is 8.42 Å². The molecule has 0 saturated carbocycles. The van der Waals surface area contributed by atoms with Gasteiger partial charge in [0, 0.05) is 18.5 Å². The number of hydrogen-bond acceptors (Lipinski definition) is 5. The maximum absolute atomic E-state index is 12.3. The van der Waals surface area contributed by atoms with E-state index in [1.165, 1.54) is 24.5 Å². The zero-order valence-corrected chi connectivity index (χ0v) is 11.3. The second-order valence-electron chi connectivity index (χ2n) is 4.15. The predicted molar refractivity (Wildman–Crippen MR) is 72.5 cm³/mol. The third-order valence-electron chi connectivity index (χ3n) is 2.76. The summed E-state index contributed by atoms with van der Waals surface area (Å²) in [5, 5.41) is 0. The highest BCUT2D eigenvalue weighted by Gasteiger charge is 2.19. The van der Waals surface area contributed by atoms with Crippen LogP contribution < -0.4 is 14.2 Å². The number of fused-ring (bicyclic) bond motifs is 1.